The first kappa shape index (κ1) is 17.8. The Balaban J connectivity index is 1.79. The summed E-state index contributed by atoms with van der Waals surface area (Å²) in [5.74, 6) is 1.91. The molecule has 0 bridgehead atoms. The molecule has 1 heterocycles. The molecule has 1 amide bonds. The molecule has 0 spiro atoms. The zero-order chi connectivity index (χ0) is 16.8. The molecule has 1 aromatic rings. The van der Waals surface area contributed by atoms with E-state index >= 15 is 0 Å². The van der Waals surface area contributed by atoms with Crippen molar-refractivity contribution in [2.45, 2.75) is 52.6 Å². The highest BCUT2D eigenvalue weighted by molar-refractivity contribution is 5.80. The molecule has 1 saturated heterocycles. The monoisotopic (exact) mass is 318 g/mol. The second-order valence-electron chi connectivity index (χ2n) is 6.87. The minimum atomic E-state index is -0.471. The largest absolute Gasteiger partial charge is 0.481 e. The molecule has 0 radical (unpaired) electrons. The molecule has 128 valence electrons. The number of nitrogens with one attached hydrogen (secondary N) is 2. The van der Waals surface area contributed by atoms with Gasteiger partial charge >= 0.3 is 0 Å². The molecule has 0 aromatic heterocycles. The lowest BCUT2D eigenvalue weighted by atomic mass is 9.98. The Morgan fingerprint density at radius 1 is 1.39 bits per heavy atom. The van der Waals surface area contributed by atoms with Crippen molar-refractivity contribution in [2.75, 3.05) is 19.6 Å². The fourth-order valence-corrected chi connectivity index (χ4v) is 3.13. The summed E-state index contributed by atoms with van der Waals surface area (Å²) in [7, 11) is 0. The average Bonchev–Trinajstić information content (AvgIpc) is 3.00. The standard InChI is InChI=1S/C19H30N2O2/c1-13(2)18-6-5-17(11-14(18)3)23-15(4)19(22)21-10-8-16-7-9-20-12-16/h5-6,11,13,15-16,20H,7-10,12H2,1-4H3,(H,21,22). The molecular formula is C19H30N2O2. The van der Waals surface area contributed by atoms with Crippen LogP contribution in [-0.4, -0.2) is 31.6 Å². The van der Waals surface area contributed by atoms with Gasteiger partial charge in [-0.3, -0.25) is 4.79 Å². The summed E-state index contributed by atoms with van der Waals surface area (Å²) < 4.78 is 5.79. The number of ether oxygens (including phenoxy) is 1. The number of hydrogen-bond donors (Lipinski definition) is 2. The third-order valence-corrected chi connectivity index (χ3v) is 4.56. The summed E-state index contributed by atoms with van der Waals surface area (Å²) in [6.45, 7) is 11.1. The van der Waals surface area contributed by atoms with Crippen LogP contribution in [0.1, 0.15) is 50.7 Å². The average molecular weight is 318 g/mol. The Kier molecular flexibility index (Phi) is 6.46. The van der Waals surface area contributed by atoms with Crippen molar-refractivity contribution in [3.8, 4) is 5.75 Å². The molecular weight excluding hydrogens is 288 g/mol. The van der Waals surface area contributed by atoms with Crippen LogP contribution in [0.25, 0.3) is 0 Å². The van der Waals surface area contributed by atoms with E-state index in [1.165, 1.54) is 17.5 Å². The van der Waals surface area contributed by atoms with Gasteiger partial charge in [-0.25, -0.2) is 0 Å². The number of carbonyl (C=O) groups excluding carboxylic acids is 1. The van der Waals surface area contributed by atoms with Gasteiger partial charge in [0.25, 0.3) is 5.91 Å². The molecule has 1 fully saturated rings. The minimum absolute atomic E-state index is 0.0402. The number of aryl methyl sites for hydroxylation is 1. The van der Waals surface area contributed by atoms with Crippen LogP contribution in [0.3, 0.4) is 0 Å². The molecule has 2 atom stereocenters. The summed E-state index contributed by atoms with van der Waals surface area (Å²) in [5.41, 5.74) is 2.53. The predicted molar refractivity (Wildman–Crippen MR) is 94.0 cm³/mol. The molecule has 2 unspecified atom stereocenters. The third kappa shape index (κ3) is 5.24. The van der Waals surface area contributed by atoms with Gasteiger partial charge < -0.3 is 15.4 Å². The quantitative estimate of drug-likeness (QED) is 0.812. The van der Waals surface area contributed by atoms with Crippen LogP contribution in [0.2, 0.25) is 0 Å². The lowest BCUT2D eigenvalue weighted by Crippen LogP contribution is -2.37. The number of rotatable bonds is 7. The first-order valence-electron chi connectivity index (χ1n) is 8.73. The van der Waals surface area contributed by atoms with Crippen LogP contribution in [0.4, 0.5) is 0 Å². The van der Waals surface area contributed by atoms with Gasteiger partial charge in [0.1, 0.15) is 5.75 Å². The smallest absolute Gasteiger partial charge is 0.260 e. The highest BCUT2D eigenvalue weighted by Gasteiger charge is 2.17. The van der Waals surface area contributed by atoms with Gasteiger partial charge in [-0.1, -0.05) is 19.9 Å². The summed E-state index contributed by atoms with van der Waals surface area (Å²) in [6.07, 6.45) is 1.78. The van der Waals surface area contributed by atoms with E-state index in [0.29, 0.717) is 11.8 Å². The highest BCUT2D eigenvalue weighted by atomic mass is 16.5. The van der Waals surface area contributed by atoms with Crippen LogP contribution >= 0.6 is 0 Å². The van der Waals surface area contributed by atoms with Gasteiger partial charge in [-0.2, -0.15) is 0 Å². The van der Waals surface area contributed by atoms with Crippen molar-refractivity contribution in [2.24, 2.45) is 5.92 Å². The van der Waals surface area contributed by atoms with Crippen LogP contribution in [0.15, 0.2) is 18.2 Å². The number of benzene rings is 1. The fraction of sp³-hybridized carbons (Fsp3) is 0.632. The zero-order valence-electron chi connectivity index (χ0n) is 14.8. The van der Waals surface area contributed by atoms with Crippen LogP contribution in [0.5, 0.6) is 5.75 Å². The molecule has 1 aromatic carbocycles. The van der Waals surface area contributed by atoms with Gasteiger partial charge in [0, 0.05) is 6.54 Å². The highest BCUT2D eigenvalue weighted by Crippen LogP contribution is 2.24. The van der Waals surface area contributed by atoms with Gasteiger partial charge in [0.15, 0.2) is 6.10 Å². The Labute approximate surface area is 140 Å². The van der Waals surface area contributed by atoms with E-state index in [-0.39, 0.29) is 5.91 Å². The van der Waals surface area contributed by atoms with Crippen molar-refractivity contribution >= 4 is 5.91 Å². The molecule has 2 N–H and O–H groups in total. The maximum atomic E-state index is 12.1. The second kappa shape index (κ2) is 8.34. The SMILES string of the molecule is Cc1cc(OC(C)C(=O)NCCC2CCNC2)ccc1C(C)C. The number of carbonyl (C=O) groups is 1. The van der Waals surface area contributed by atoms with E-state index in [4.69, 9.17) is 4.74 Å². The number of hydrogen-bond acceptors (Lipinski definition) is 3. The van der Waals surface area contributed by atoms with Gasteiger partial charge in [0.2, 0.25) is 0 Å². The van der Waals surface area contributed by atoms with Crippen LogP contribution in [-0.2, 0) is 4.79 Å². The Morgan fingerprint density at radius 3 is 2.78 bits per heavy atom. The van der Waals surface area contributed by atoms with Gasteiger partial charge in [-0.05, 0) is 74.9 Å². The maximum Gasteiger partial charge on any atom is 0.260 e. The molecule has 4 heteroatoms. The fourth-order valence-electron chi connectivity index (χ4n) is 3.13. The first-order valence-corrected chi connectivity index (χ1v) is 8.73. The molecule has 4 nitrogen and oxygen atoms in total. The van der Waals surface area contributed by atoms with Crippen LogP contribution in [0, 0.1) is 12.8 Å². The van der Waals surface area contributed by atoms with E-state index in [0.717, 1.165) is 31.8 Å². The summed E-state index contributed by atoms with van der Waals surface area (Å²) in [5, 5.41) is 6.33. The van der Waals surface area contributed by atoms with E-state index in [2.05, 4.69) is 37.5 Å². The van der Waals surface area contributed by atoms with E-state index in [1.807, 2.05) is 12.1 Å². The molecule has 1 aliphatic rings. The predicted octanol–water partition coefficient (Wildman–Crippen LogP) is 3.00. The van der Waals surface area contributed by atoms with Crippen molar-refractivity contribution < 1.29 is 9.53 Å². The third-order valence-electron chi connectivity index (χ3n) is 4.56. The van der Waals surface area contributed by atoms with E-state index in [1.54, 1.807) is 6.92 Å². The van der Waals surface area contributed by atoms with Crippen molar-refractivity contribution in [3.63, 3.8) is 0 Å². The lowest BCUT2D eigenvalue weighted by molar-refractivity contribution is -0.127. The zero-order valence-corrected chi connectivity index (χ0v) is 14.8. The molecule has 0 saturated carbocycles. The summed E-state index contributed by atoms with van der Waals surface area (Å²) >= 11 is 0. The van der Waals surface area contributed by atoms with E-state index < -0.39 is 6.10 Å². The summed E-state index contributed by atoms with van der Waals surface area (Å²) in [4.78, 5) is 12.1. The Bertz CT molecular complexity index is 522. The molecule has 2 rings (SSSR count). The van der Waals surface area contributed by atoms with Gasteiger partial charge in [0.05, 0.1) is 0 Å². The number of amides is 1. The Morgan fingerprint density at radius 2 is 2.17 bits per heavy atom. The van der Waals surface area contributed by atoms with Crippen LogP contribution < -0.4 is 15.4 Å². The van der Waals surface area contributed by atoms with E-state index in [9.17, 15) is 4.79 Å². The normalized spacial score (nSPS) is 18.9. The molecule has 23 heavy (non-hydrogen) atoms. The molecule has 1 aliphatic heterocycles. The first-order chi connectivity index (χ1) is 11.0. The minimum Gasteiger partial charge on any atom is -0.481 e. The topological polar surface area (TPSA) is 50.4 Å². The lowest BCUT2D eigenvalue weighted by Gasteiger charge is -2.17. The van der Waals surface area contributed by atoms with Crippen molar-refractivity contribution in [3.05, 3.63) is 29.3 Å². The molecule has 0 aliphatic carbocycles. The van der Waals surface area contributed by atoms with Gasteiger partial charge in [-0.15, -0.1) is 0 Å². The maximum absolute atomic E-state index is 12.1. The second-order valence-corrected chi connectivity index (χ2v) is 6.87. The summed E-state index contributed by atoms with van der Waals surface area (Å²) in [6, 6.07) is 6.06. The van der Waals surface area contributed by atoms with Crippen molar-refractivity contribution in [1.82, 2.24) is 10.6 Å². The Hall–Kier alpha value is -1.55. The van der Waals surface area contributed by atoms with Crippen molar-refractivity contribution in [1.29, 1.82) is 0 Å².